The second kappa shape index (κ2) is 8.16. The lowest BCUT2D eigenvalue weighted by molar-refractivity contribution is -0.137. The Labute approximate surface area is 159 Å². The van der Waals surface area contributed by atoms with Gasteiger partial charge in [-0.15, -0.1) is 0 Å². The van der Waals surface area contributed by atoms with Gasteiger partial charge in [0.05, 0.1) is 5.56 Å². The van der Waals surface area contributed by atoms with Crippen molar-refractivity contribution >= 4 is 5.91 Å². The average Bonchev–Trinajstić information content (AvgIpc) is 3.14. The summed E-state index contributed by atoms with van der Waals surface area (Å²) in [5.41, 5.74) is 0.733. The van der Waals surface area contributed by atoms with Crippen molar-refractivity contribution in [1.82, 2.24) is 15.1 Å². The van der Waals surface area contributed by atoms with Crippen molar-refractivity contribution in [3.63, 3.8) is 0 Å². The number of ether oxygens (including phenoxy) is 1. The summed E-state index contributed by atoms with van der Waals surface area (Å²) in [5.74, 6) is 0.237. The summed E-state index contributed by atoms with van der Waals surface area (Å²) in [4.78, 5) is 12.2. The van der Waals surface area contributed by atoms with Crippen LogP contribution in [0, 0.1) is 6.92 Å². The van der Waals surface area contributed by atoms with Crippen LogP contribution in [0.4, 0.5) is 13.2 Å². The predicted molar refractivity (Wildman–Crippen MR) is 96.6 cm³/mol. The zero-order valence-corrected chi connectivity index (χ0v) is 15.0. The fourth-order valence-electron chi connectivity index (χ4n) is 2.54. The molecule has 0 bridgehead atoms. The number of alkyl halides is 3. The first kappa shape index (κ1) is 19.5. The van der Waals surface area contributed by atoms with Crippen LogP contribution in [-0.4, -0.2) is 15.7 Å². The van der Waals surface area contributed by atoms with Gasteiger partial charge in [0, 0.05) is 12.7 Å². The quantitative estimate of drug-likeness (QED) is 0.688. The number of carbonyl (C=O) groups excluding carboxylic acids is 1. The van der Waals surface area contributed by atoms with Crippen LogP contribution in [-0.2, 0) is 19.5 Å². The van der Waals surface area contributed by atoms with Crippen LogP contribution in [0.2, 0.25) is 0 Å². The van der Waals surface area contributed by atoms with E-state index < -0.39 is 17.6 Å². The van der Waals surface area contributed by atoms with E-state index in [1.165, 1.54) is 22.9 Å². The second-order valence-corrected chi connectivity index (χ2v) is 6.16. The minimum atomic E-state index is -4.42. The number of aromatic nitrogens is 2. The number of nitrogens with one attached hydrogen (secondary N) is 1. The highest BCUT2D eigenvalue weighted by Crippen LogP contribution is 2.29. The smallest absolute Gasteiger partial charge is 0.416 e. The van der Waals surface area contributed by atoms with E-state index in [0.717, 1.165) is 17.7 Å². The van der Waals surface area contributed by atoms with Gasteiger partial charge < -0.3 is 10.1 Å². The van der Waals surface area contributed by atoms with E-state index >= 15 is 0 Å². The van der Waals surface area contributed by atoms with Gasteiger partial charge in [-0.2, -0.15) is 18.3 Å². The third-order valence-corrected chi connectivity index (χ3v) is 4.03. The van der Waals surface area contributed by atoms with E-state index in [1.54, 1.807) is 6.20 Å². The molecule has 1 heterocycles. The molecule has 1 aromatic heterocycles. The molecule has 146 valence electrons. The number of amides is 1. The van der Waals surface area contributed by atoms with Crippen LogP contribution in [0.1, 0.15) is 27.2 Å². The van der Waals surface area contributed by atoms with E-state index in [1.807, 2.05) is 31.2 Å². The van der Waals surface area contributed by atoms with Gasteiger partial charge in [0.1, 0.15) is 11.4 Å². The van der Waals surface area contributed by atoms with Crippen LogP contribution >= 0.6 is 0 Å². The summed E-state index contributed by atoms with van der Waals surface area (Å²) >= 11 is 0. The second-order valence-electron chi connectivity index (χ2n) is 6.16. The van der Waals surface area contributed by atoms with Gasteiger partial charge in [-0.1, -0.05) is 30.3 Å². The van der Waals surface area contributed by atoms with Crippen LogP contribution < -0.4 is 10.1 Å². The largest absolute Gasteiger partial charge is 0.471 e. The fraction of sp³-hybridized carbons (Fsp3) is 0.200. The Kier molecular flexibility index (Phi) is 5.67. The molecule has 8 heteroatoms. The molecule has 28 heavy (non-hydrogen) atoms. The third-order valence-electron chi connectivity index (χ3n) is 4.03. The van der Waals surface area contributed by atoms with Crippen molar-refractivity contribution in [2.24, 2.45) is 0 Å². The molecule has 2 aromatic carbocycles. The topological polar surface area (TPSA) is 56.1 Å². The molecule has 1 N–H and O–H groups in total. The first-order valence-electron chi connectivity index (χ1n) is 8.49. The number of para-hydroxylation sites is 1. The number of halogens is 3. The first-order valence-corrected chi connectivity index (χ1v) is 8.49. The molecule has 0 unspecified atom stereocenters. The number of benzene rings is 2. The molecule has 0 atom stereocenters. The molecule has 0 saturated carbocycles. The van der Waals surface area contributed by atoms with Crippen LogP contribution in [0.3, 0.4) is 0 Å². The van der Waals surface area contributed by atoms with Crippen LogP contribution in [0.5, 0.6) is 5.75 Å². The highest BCUT2D eigenvalue weighted by atomic mass is 19.4. The minimum absolute atomic E-state index is 0.0324. The molecule has 1 amide bonds. The Bertz CT molecular complexity index is 967. The summed E-state index contributed by atoms with van der Waals surface area (Å²) < 4.78 is 45.3. The molecule has 3 rings (SSSR count). The van der Waals surface area contributed by atoms with E-state index in [0.29, 0.717) is 11.3 Å². The Morgan fingerprint density at radius 2 is 1.93 bits per heavy atom. The molecule has 0 aliphatic heterocycles. The fourth-order valence-corrected chi connectivity index (χ4v) is 2.54. The Balaban J connectivity index is 1.56. The van der Waals surface area contributed by atoms with E-state index in [4.69, 9.17) is 4.74 Å². The maximum absolute atomic E-state index is 12.7. The van der Waals surface area contributed by atoms with Gasteiger partial charge in [-0.3, -0.25) is 4.79 Å². The number of carbonyl (C=O) groups is 1. The Hall–Kier alpha value is -3.29. The van der Waals surface area contributed by atoms with Gasteiger partial charge in [0.2, 0.25) is 0 Å². The van der Waals surface area contributed by atoms with Crippen molar-refractivity contribution in [3.8, 4) is 5.75 Å². The molecular weight excluding hydrogens is 371 g/mol. The molecule has 0 saturated heterocycles. The van der Waals surface area contributed by atoms with Gasteiger partial charge in [-0.05, 0) is 42.3 Å². The van der Waals surface area contributed by atoms with Crippen LogP contribution in [0.15, 0.2) is 60.8 Å². The maximum Gasteiger partial charge on any atom is 0.416 e. The SMILES string of the molecule is Cc1ccccc1OCn1ccc(C(=O)NCc2cccc(C(F)(F)F)c2)n1. The summed E-state index contributed by atoms with van der Waals surface area (Å²) in [6.45, 7) is 2.02. The summed E-state index contributed by atoms with van der Waals surface area (Å²) in [5, 5.41) is 6.69. The first-order chi connectivity index (χ1) is 13.3. The van der Waals surface area contributed by atoms with Crippen LogP contribution in [0.25, 0.3) is 0 Å². The van der Waals surface area contributed by atoms with Crippen molar-refractivity contribution < 1.29 is 22.7 Å². The lowest BCUT2D eigenvalue weighted by Gasteiger charge is -2.09. The number of hydrogen-bond donors (Lipinski definition) is 1. The molecule has 5 nitrogen and oxygen atoms in total. The third kappa shape index (κ3) is 4.91. The highest BCUT2D eigenvalue weighted by Gasteiger charge is 2.30. The molecule has 0 aliphatic rings. The zero-order chi connectivity index (χ0) is 20.1. The number of nitrogens with zero attached hydrogens (tertiary/aromatic N) is 2. The monoisotopic (exact) mass is 389 g/mol. The lowest BCUT2D eigenvalue weighted by atomic mass is 10.1. The van der Waals surface area contributed by atoms with Crippen molar-refractivity contribution in [2.45, 2.75) is 26.4 Å². The Morgan fingerprint density at radius 3 is 2.68 bits per heavy atom. The van der Waals surface area contributed by atoms with Gasteiger partial charge in [0.15, 0.2) is 6.73 Å². The number of hydrogen-bond acceptors (Lipinski definition) is 3. The van der Waals surface area contributed by atoms with Gasteiger partial charge >= 0.3 is 6.18 Å². The normalized spacial score (nSPS) is 11.3. The number of rotatable bonds is 6. The van der Waals surface area contributed by atoms with E-state index in [9.17, 15) is 18.0 Å². The Morgan fingerprint density at radius 1 is 1.14 bits per heavy atom. The summed E-state index contributed by atoms with van der Waals surface area (Å²) in [6, 6.07) is 13.9. The molecule has 0 aliphatic carbocycles. The molecule has 3 aromatic rings. The minimum Gasteiger partial charge on any atom is -0.471 e. The molecular formula is C20H18F3N3O2. The van der Waals surface area contributed by atoms with Gasteiger partial charge in [0.25, 0.3) is 5.91 Å². The lowest BCUT2D eigenvalue weighted by Crippen LogP contribution is -2.24. The van der Waals surface area contributed by atoms with Gasteiger partial charge in [-0.25, -0.2) is 4.68 Å². The van der Waals surface area contributed by atoms with Crippen molar-refractivity contribution in [3.05, 3.63) is 83.2 Å². The molecule has 0 spiro atoms. The van der Waals surface area contributed by atoms with Crippen molar-refractivity contribution in [2.75, 3.05) is 0 Å². The predicted octanol–water partition coefficient (Wildman–Crippen LogP) is 4.18. The average molecular weight is 389 g/mol. The van der Waals surface area contributed by atoms with E-state index in [-0.39, 0.29) is 19.0 Å². The number of aryl methyl sites for hydroxylation is 1. The summed E-state index contributed by atoms with van der Waals surface area (Å²) in [7, 11) is 0. The molecule has 0 fully saturated rings. The zero-order valence-electron chi connectivity index (χ0n) is 15.0. The maximum atomic E-state index is 12.7. The summed E-state index contributed by atoms with van der Waals surface area (Å²) in [6.07, 6.45) is -2.83. The van der Waals surface area contributed by atoms with E-state index in [2.05, 4.69) is 10.4 Å². The standard InChI is InChI=1S/C20H18F3N3O2/c1-14-5-2-3-8-18(14)28-13-26-10-9-17(25-26)19(27)24-12-15-6-4-7-16(11-15)20(21,22)23/h2-11H,12-13H2,1H3,(H,24,27). The van der Waals surface area contributed by atoms with Crippen molar-refractivity contribution in [1.29, 1.82) is 0 Å². The molecule has 0 radical (unpaired) electrons. The highest BCUT2D eigenvalue weighted by molar-refractivity contribution is 5.92.